The molecular weight excluding hydrogens is 240 g/mol. The van der Waals surface area contributed by atoms with Crippen molar-refractivity contribution >= 4 is 5.78 Å². The van der Waals surface area contributed by atoms with Crippen LogP contribution in [0.15, 0.2) is 18.2 Å². The number of benzene rings is 1. The summed E-state index contributed by atoms with van der Waals surface area (Å²) in [5.41, 5.74) is 0.611. The molecule has 0 unspecified atom stereocenters. The average molecular weight is 262 g/mol. The maximum atomic E-state index is 12.8. The first kappa shape index (κ1) is 13.9. The summed E-state index contributed by atoms with van der Waals surface area (Å²) < 4.78 is 10.7. The van der Waals surface area contributed by atoms with E-state index < -0.39 is 0 Å². The highest BCUT2D eigenvalue weighted by Crippen LogP contribution is 2.34. The van der Waals surface area contributed by atoms with Crippen molar-refractivity contribution in [2.45, 2.75) is 38.5 Å². The molecule has 3 nitrogen and oxygen atoms in total. The van der Waals surface area contributed by atoms with Crippen molar-refractivity contribution < 1.29 is 14.3 Å². The first-order chi connectivity index (χ1) is 9.27. The Kier molecular flexibility index (Phi) is 4.83. The highest BCUT2D eigenvalue weighted by Gasteiger charge is 2.26. The molecule has 0 amide bonds. The predicted molar refractivity (Wildman–Crippen MR) is 75.1 cm³/mol. The number of hydrogen-bond donors (Lipinski definition) is 0. The second-order valence-electron chi connectivity index (χ2n) is 5.09. The lowest BCUT2D eigenvalue weighted by atomic mass is 9.90. The molecule has 1 saturated carbocycles. The lowest BCUT2D eigenvalue weighted by Crippen LogP contribution is -2.16. The highest BCUT2D eigenvalue weighted by atomic mass is 16.5. The third-order valence-corrected chi connectivity index (χ3v) is 3.90. The Morgan fingerprint density at radius 3 is 2.00 bits per heavy atom. The van der Waals surface area contributed by atoms with Gasteiger partial charge in [-0.1, -0.05) is 31.7 Å². The second-order valence-corrected chi connectivity index (χ2v) is 5.09. The lowest BCUT2D eigenvalue weighted by Gasteiger charge is -2.17. The minimum Gasteiger partial charge on any atom is -0.496 e. The van der Waals surface area contributed by atoms with Gasteiger partial charge in [0, 0.05) is 5.92 Å². The van der Waals surface area contributed by atoms with Crippen molar-refractivity contribution in [3.8, 4) is 11.5 Å². The van der Waals surface area contributed by atoms with Gasteiger partial charge in [0.15, 0.2) is 5.78 Å². The molecule has 104 valence electrons. The Morgan fingerprint density at radius 2 is 1.53 bits per heavy atom. The van der Waals surface area contributed by atoms with E-state index in [1.54, 1.807) is 14.2 Å². The van der Waals surface area contributed by atoms with E-state index in [0.717, 1.165) is 25.7 Å². The topological polar surface area (TPSA) is 35.5 Å². The van der Waals surface area contributed by atoms with Gasteiger partial charge < -0.3 is 9.47 Å². The van der Waals surface area contributed by atoms with Crippen LogP contribution in [0.4, 0.5) is 0 Å². The summed E-state index contributed by atoms with van der Waals surface area (Å²) in [5.74, 6) is 1.53. The molecule has 3 heteroatoms. The SMILES string of the molecule is COc1cccc(OC)c1C(=O)C1CCCCCC1. The van der Waals surface area contributed by atoms with Gasteiger partial charge in [0.1, 0.15) is 17.1 Å². The molecule has 19 heavy (non-hydrogen) atoms. The zero-order valence-corrected chi connectivity index (χ0v) is 11.8. The van der Waals surface area contributed by atoms with Crippen molar-refractivity contribution in [2.24, 2.45) is 5.92 Å². The molecule has 0 heterocycles. The summed E-state index contributed by atoms with van der Waals surface area (Å²) in [4.78, 5) is 12.8. The molecule has 1 aliphatic rings. The fourth-order valence-electron chi connectivity index (χ4n) is 2.84. The van der Waals surface area contributed by atoms with Crippen LogP contribution in [0, 0.1) is 5.92 Å². The largest absolute Gasteiger partial charge is 0.496 e. The minimum absolute atomic E-state index is 0.118. The standard InChI is InChI=1S/C16H22O3/c1-18-13-10-7-11-14(19-2)15(13)16(17)12-8-5-3-4-6-9-12/h7,10-12H,3-6,8-9H2,1-2H3. The monoisotopic (exact) mass is 262 g/mol. The molecule has 0 radical (unpaired) electrons. The number of methoxy groups -OCH3 is 2. The van der Waals surface area contributed by atoms with E-state index in [2.05, 4.69) is 0 Å². The molecule has 0 spiro atoms. The first-order valence-electron chi connectivity index (χ1n) is 7.03. The van der Waals surface area contributed by atoms with Crippen LogP contribution >= 0.6 is 0 Å². The van der Waals surface area contributed by atoms with Gasteiger partial charge in [-0.2, -0.15) is 0 Å². The molecule has 2 rings (SSSR count). The Labute approximate surface area is 114 Å². The highest BCUT2D eigenvalue weighted by molar-refractivity contribution is 6.02. The summed E-state index contributed by atoms with van der Waals surface area (Å²) in [7, 11) is 3.19. The van der Waals surface area contributed by atoms with Gasteiger partial charge in [0.2, 0.25) is 0 Å². The molecule has 0 N–H and O–H groups in total. The third-order valence-electron chi connectivity index (χ3n) is 3.90. The van der Waals surface area contributed by atoms with Crippen LogP contribution in [0.1, 0.15) is 48.9 Å². The molecule has 0 bridgehead atoms. The van der Waals surface area contributed by atoms with Crippen LogP contribution in [-0.4, -0.2) is 20.0 Å². The fourth-order valence-corrected chi connectivity index (χ4v) is 2.84. The van der Waals surface area contributed by atoms with Crippen LogP contribution in [0.2, 0.25) is 0 Å². The van der Waals surface area contributed by atoms with Gasteiger partial charge >= 0.3 is 0 Å². The molecule has 1 aromatic carbocycles. The van der Waals surface area contributed by atoms with E-state index in [9.17, 15) is 4.79 Å². The number of rotatable bonds is 4. The Hall–Kier alpha value is -1.51. The zero-order valence-electron chi connectivity index (χ0n) is 11.8. The van der Waals surface area contributed by atoms with Crippen LogP contribution in [0.5, 0.6) is 11.5 Å². The normalized spacial score (nSPS) is 16.7. The Bertz CT molecular complexity index is 409. The van der Waals surface area contributed by atoms with Gasteiger partial charge in [0.05, 0.1) is 14.2 Å². The van der Waals surface area contributed by atoms with E-state index >= 15 is 0 Å². The Morgan fingerprint density at radius 1 is 1.00 bits per heavy atom. The van der Waals surface area contributed by atoms with Gasteiger partial charge in [-0.05, 0) is 25.0 Å². The second kappa shape index (κ2) is 6.60. The number of carbonyl (C=O) groups excluding carboxylic acids is 1. The quantitative estimate of drug-likeness (QED) is 0.610. The number of Topliss-reactive ketones (excluding diaryl/α,β-unsaturated/α-hetero) is 1. The number of ketones is 1. The van der Waals surface area contributed by atoms with Gasteiger partial charge in [-0.25, -0.2) is 0 Å². The van der Waals surface area contributed by atoms with Gasteiger partial charge in [-0.3, -0.25) is 4.79 Å². The maximum Gasteiger partial charge on any atom is 0.173 e. The van der Waals surface area contributed by atoms with E-state index in [1.807, 2.05) is 18.2 Å². The third kappa shape index (κ3) is 3.09. The molecule has 0 aromatic heterocycles. The molecular formula is C16H22O3. The molecule has 0 saturated heterocycles. The van der Waals surface area contributed by atoms with Gasteiger partial charge in [0.25, 0.3) is 0 Å². The van der Waals surface area contributed by atoms with E-state index in [4.69, 9.17) is 9.47 Å². The lowest BCUT2D eigenvalue weighted by molar-refractivity contribution is 0.0901. The first-order valence-corrected chi connectivity index (χ1v) is 7.03. The fraction of sp³-hybridized carbons (Fsp3) is 0.562. The van der Waals surface area contributed by atoms with Crippen molar-refractivity contribution in [3.63, 3.8) is 0 Å². The van der Waals surface area contributed by atoms with E-state index in [1.165, 1.54) is 12.8 Å². The van der Waals surface area contributed by atoms with Crippen LogP contribution in [0.3, 0.4) is 0 Å². The summed E-state index contributed by atoms with van der Waals surface area (Å²) in [6.45, 7) is 0. The molecule has 1 aromatic rings. The minimum atomic E-state index is 0.118. The summed E-state index contributed by atoms with van der Waals surface area (Å²) in [6.07, 6.45) is 6.75. The van der Waals surface area contributed by atoms with Gasteiger partial charge in [-0.15, -0.1) is 0 Å². The van der Waals surface area contributed by atoms with Crippen LogP contribution < -0.4 is 9.47 Å². The van der Waals surface area contributed by atoms with Crippen LogP contribution in [-0.2, 0) is 0 Å². The average Bonchev–Trinajstić information content (AvgIpc) is 2.74. The van der Waals surface area contributed by atoms with E-state index in [-0.39, 0.29) is 11.7 Å². The van der Waals surface area contributed by atoms with Crippen molar-refractivity contribution in [2.75, 3.05) is 14.2 Å². The molecule has 0 atom stereocenters. The molecule has 1 fully saturated rings. The number of ether oxygens (including phenoxy) is 2. The van der Waals surface area contributed by atoms with Crippen molar-refractivity contribution in [1.29, 1.82) is 0 Å². The zero-order chi connectivity index (χ0) is 13.7. The number of hydrogen-bond acceptors (Lipinski definition) is 3. The summed E-state index contributed by atoms with van der Waals surface area (Å²) in [6, 6.07) is 5.50. The van der Waals surface area contributed by atoms with Crippen molar-refractivity contribution in [3.05, 3.63) is 23.8 Å². The van der Waals surface area contributed by atoms with E-state index in [0.29, 0.717) is 17.1 Å². The molecule has 0 aliphatic heterocycles. The summed E-state index contributed by atoms with van der Waals surface area (Å²) in [5, 5.41) is 0. The smallest absolute Gasteiger partial charge is 0.173 e. The maximum absolute atomic E-state index is 12.8. The predicted octanol–water partition coefficient (Wildman–Crippen LogP) is 3.86. The molecule has 1 aliphatic carbocycles. The number of carbonyl (C=O) groups is 1. The van der Waals surface area contributed by atoms with Crippen molar-refractivity contribution in [1.82, 2.24) is 0 Å². The van der Waals surface area contributed by atoms with Crippen LogP contribution in [0.25, 0.3) is 0 Å². The summed E-state index contributed by atoms with van der Waals surface area (Å²) >= 11 is 0. The Balaban J connectivity index is 2.30.